The van der Waals surface area contributed by atoms with Gasteiger partial charge in [0, 0.05) is 13.1 Å². The largest absolute Gasteiger partial charge is 0.330 e. The van der Waals surface area contributed by atoms with Gasteiger partial charge in [0.15, 0.2) is 0 Å². The van der Waals surface area contributed by atoms with Crippen molar-refractivity contribution >= 4 is 0 Å². The van der Waals surface area contributed by atoms with Crippen molar-refractivity contribution in [3.05, 3.63) is 0 Å². The molecule has 3 N–H and O–H groups in total. The Morgan fingerprint density at radius 3 is 1.93 bits per heavy atom. The molecule has 2 nitrogen and oxygen atoms in total. The normalized spacial score (nSPS) is 16.7. The van der Waals surface area contributed by atoms with Crippen LogP contribution in [-0.2, 0) is 0 Å². The Bertz CT molecular complexity index is 148. The Balaban J connectivity index is 3.83. The van der Waals surface area contributed by atoms with Crippen LogP contribution in [0.2, 0.25) is 0 Å². The second-order valence-corrected chi connectivity index (χ2v) is 5.49. The van der Waals surface area contributed by atoms with Gasteiger partial charge in [-0.15, -0.1) is 0 Å². The van der Waals surface area contributed by atoms with Crippen molar-refractivity contribution in [1.82, 2.24) is 5.32 Å². The summed E-state index contributed by atoms with van der Waals surface area (Å²) < 4.78 is 0. The minimum absolute atomic E-state index is 0.268. The number of nitrogens with one attached hydrogen (secondary N) is 1. The zero-order chi connectivity index (χ0) is 11.2. The Morgan fingerprint density at radius 2 is 1.57 bits per heavy atom. The molecular weight excluding hydrogens is 172 g/mol. The highest BCUT2D eigenvalue weighted by molar-refractivity contribution is 4.78. The fraction of sp³-hybridized carbons (Fsp3) is 1.00. The van der Waals surface area contributed by atoms with Gasteiger partial charge >= 0.3 is 0 Å². The minimum Gasteiger partial charge on any atom is -0.330 e. The van der Waals surface area contributed by atoms with Crippen molar-refractivity contribution in [3.8, 4) is 0 Å². The number of rotatable bonds is 7. The van der Waals surface area contributed by atoms with Crippen LogP contribution in [0.4, 0.5) is 0 Å². The van der Waals surface area contributed by atoms with Crippen molar-refractivity contribution < 1.29 is 0 Å². The van der Waals surface area contributed by atoms with Crippen LogP contribution < -0.4 is 11.1 Å². The van der Waals surface area contributed by atoms with Gasteiger partial charge < -0.3 is 11.1 Å². The molecule has 0 aliphatic carbocycles. The van der Waals surface area contributed by atoms with Crippen LogP contribution in [0.3, 0.4) is 0 Å². The Labute approximate surface area is 89.6 Å². The lowest BCUT2D eigenvalue weighted by Crippen LogP contribution is -2.40. The lowest BCUT2D eigenvalue weighted by Gasteiger charge is -2.30. The van der Waals surface area contributed by atoms with Gasteiger partial charge in [-0.3, -0.25) is 0 Å². The van der Waals surface area contributed by atoms with E-state index < -0.39 is 0 Å². The summed E-state index contributed by atoms with van der Waals surface area (Å²) in [6.45, 7) is 14.2. The highest BCUT2D eigenvalue weighted by Crippen LogP contribution is 2.20. The third kappa shape index (κ3) is 4.97. The first-order valence-corrected chi connectivity index (χ1v) is 5.80. The molecule has 0 saturated heterocycles. The average Bonchev–Trinajstić information content (AvgIpc) is 2.17. The van der Waals surface area contributed by atoms with Crippen LogP contribution >= 0.6 is 0 Å². The molecule has 0 aliphatic rings. The van der Waals surface area contributed by atoms with Gasteiger partial charge in [-0.05, 0) is 30.2 Å². The zero-order valence-corrected chi connectivity index (χ0v) is 10.6. The van der Waals surface area contributed by atoms with Gasteiger partial charge in [0.25, 0.3) is 0 Å². The maximum absolute atomic E-state index is 5.76. The molecule has 2 heteroatoms. The monoisotopic (exact) mass is 200 g/mol. The summed E-state index contributed by atoms with van der Waals surface area (Å²) in [6, 6.07) is 0. The Kier molecular flexibility index (Phi) is 5.68. The third-order valence-corrected chi connectivity index (χ3v) is 3.46. The maximum Gasteiger partial charge on any atom is 0.00174 e. The molecule has 86 valence electrons. The molecular formula is C12H28N2. The molecule has 0 aromatic rings. The summed E-state index contributed by atoms with van der Waals surface area (Å²) in [6.07, 6.45) is 2.36. The van der Waals surface area contributed by atoms with Crippen LogP contribution in [-0.4, -0.2) is 19.6 Å². The lowest BCUT2D eigenvalue weighted by molar-refractivity contribution is 0.263. The van der Waals surface area contributed by atoms with E-state index in [1.165, 1.54) is 6.42 Å². The quantitative estimate of drug-likeness (QED) is 0.662. The predicted octanol–water partition coefficient (Wildman–Crippen LogP) is 2.39. The van der Waals surface area contributed by atoms with Gasteiger partial charge in [-0.2, -0.15) is 0 Å². The third-order valence-electron chi connectivity index (χ3n) is 3.46. The van der Waals surface area contributed by atoms with Crippen LogP contribution in [0.5, 0.6) is 0 Å². The van der Waals surface area contributed by atoms with Crippen LogP contribution in [0, 0.1) is 10.8 Å². The second kappa shape index (κ2) is 5.72. The number of hydrogen-bond acceptors (Lipinski definition) is 2. The SMILES string of the molecule is CCC(C)(C)CNCC(C)(CC)CN. The molecule has 0 amide bonds. The molecule has 1 atom stereocenters. The fourth-order valence-corrected chi connectivity index (χ4v) is 1.17. The number of hydrogen-bond donors (Lipinski definition) is 2. The van der Waals surface area contributed by atoms with Crippen molar-refractivity contribution in [1.29, 1.82) is 0 Å². The molecule has 0 aromatic carbocycles. The van der Waals surface area contributed by atoms with Crippen LogP contribution in [0.1, 0.15) is 47.5 Å². The summed E-state index contributed by atoms with van der Waals surface area (Å²) >= 11 is 0. The first-order chi connectivity index (χ1) is 6.39. The molecule has 0 bridgehead atoms. The number of nitrogens with two attached hydrogens (primary N) is 1. The summed E-state index contributed by atoms with van der Waals surface area (Å²) in [4.78, 5) is 0. The molecule has 0 rings (SSSR count). The van der Waals surface area contributed by atoms with Crippen LogP contribution in [0.25, 0.3) is 0 Å². The Hall–Kier alpha value is -0.0800. The molecule has 0 aliphatic heterocycles. The van der Waals surface area contributed by atoms with E-state index in [1.807, 2.05) is 0 Å². The van der Waals surface area contributed by atoms with Gasteiger partial charge in [0.1, 0.15) is 0 Å². The fourth-order valence-electron chi connectivity index (χ4n) is 1.17. The smallest absolute Gasteiger partial charge is 0.00174 e. The van der Waals surface area contributed by atoms with Crippen molar-refractivity contribution in [2.24, 2.45) is 16.6 Å². The summed E-state index contributed by atoms with van der Waals surface area (Å²) in [7, 11) is 0. The Morgan fingerprint density at radius 1 is 1.00 bits per heavy atom. The van der Waals surface area contributed by atoms with Gasteiger partial charge in [0.2, 0.25) is 0 Å². The molecule has 0 fully saturated rings. The lowest BCUT2D eigenvalue weighted by atomic mass is 9.86. The highest BCUT2D eigenvalue weighted by Gasteiger charge is 2.21. The zero-order valence-electron chi connectivity index (χ0n) is 10.6. The van der Waals surface area contributed by atoms with Crippen molar-refractivity contribution in [3.63, 3.8) is 0 Å². The van der Waals surface area contributed by atoms with E-state index in [2.05, 4.69) is 39.9 Å². The molecule has 0 aromatic heterocycles. The van der Waals surface area contributed by atoms with Crippen LogP contribution in [0.15, 0.2) is 0 Å². The standard InChI is InChI=1S/C12H28N2/c1-6-11(3,4)9-14-10-12(5,7-2)8-13/h14H,6-10,13H2,1-5H3. The topological polar surface area (TPSA) is 38.0 Å². The maximum atomic E-state index is 5.76. The molecule has 0 radical (unpaired) electrons. The van der Waals surface area contributed by atoms with Crippen molar-refractivity contribution in [2.45, 2.75) is 47.5 Å². The second-order valence-electron chi connectivity index (χ2n) is 5.49. The summed E-state index contributed by atoms with van der Waals surface area (Å²) in [5, 5.41) is 3.54. The molecule has 14 heavy (non-hydrogen) atoms. The van der Waals surface area contributed by atoms with E-state index in [4.69, 9.17) is 5.73 Å². The van der Waals surface area contributed by atoms with E-state index in [1.54, 1.807) is 0 Å². The van der Waals surface area contributed by atoms with Gasteiger partial charge in [0.05, 0.1) is 0 Å². The van der Waals surface area contributed by atoms with E-state index >= 15 is 0 Å². The van der Waals surface area contributed by atoms with Crippen molar-refractivity contribution in [2.75, 3.05) is 19.6 Å². The summed E-state index contributed by atoms with van der Waals surface area (Å²) in [5.41, 5.74) is 6.43. The minimum atomic E-state index is 0.268. The first-order valence-electron chi connectivity index (χ1n) is 5.80. The average molecular weight is 200 g/mol. The van der Waals surface area contributed by atoms with Gasteiger partial charge in [-0.25, -0.2) is 0 Å². The highest BCUT2D eigenvalue weighted by atomic mass is 14.9. The molecule has 0 heterocycles. The predicted molar refractivity (Wildman–Crippen MR) is 64.4 cm³/mol. The van der Waals surface area contributed by atoms with E-state index in [9.17, 15) is 0 Å². The molecule has 0 spiro atoms. The van der Waals surface area contributed by atoms with E-state index in [-0.39, 0.29) is 5.41 Å². The van der Waals surface area contributed by atoms with E-state index in [0.29, 0.717) is 5.41 Å². The van der Waals surface area contributed by atoms with Gasteiger partial charge in [-0.1, -0.05) is 34.6 Å². The first kappa shape index (κ1) is 13.9. The summed E-state index contributed by atoms with van der Waals surface area (Å²) in [5.74, 6) is 0. The van der Waals surface area contributed by atoms with E-state index in [0.717, 1.165) is 26.1 Å². The molecule has 0 saturated carbocycles. The molecule has 1 unspecified atom stereocenters.